The molecule has 2 saturated heterocycles. The Morgan fingerprint density at radius 2 is 1.83 bits per heavy atom. The number of aryl methyl sites for hydroxylation is 2. The lowest BCUT2D eigenvalue weighted by Gasteiger charge is -2.37. The van der Waals surface area contributed by atoms with Crippen LogP contribution in [-0.2, 0) is 11.3 Å². The maximum atomic E-state index is 12.5. The molecule has 2 aliphatic rings. The number of nitrogens with zero attached hydrogens (tertiary/aromatic N) is 2. The highest BCUT2D eigenvalue weighted by Gasteiger charge is 2.40. The van der Waals surface area contributed by atoms with E-state index >= 15 is 0 Å². The second-order valence-corrected chi connectivity index (χ2v) is 9.51. The second-order valence-electron chi connectivity index (χ2n) is 9.51. The topological polar surface area (TPSA) is 82.2 Å². The number of carbonyl (C=O) groups excluding carboxylic acids is 1. The molecule has 2 aliphatic heterocycles. The summed E-state index contributed by atoms with van der Waals surface area (Å²) in [4.78, 5) is 20.3. The van der Waals surface area contributed by atoms with Crippen molar-refractivity contribution in [1.29, 1.82) is 0 Å². The number of pyridine rings is 1. The first kappa shape index (κ1) is 23.2. The Hall–Kier alpha value is -3.58. The third kappa shape index (κ3) is 5.10. The van der Waals surface area contributed by atoms with Gasteiger partial charge in [-0.2, -0.15) is 4.98 Å². The first-order chi connectivity index (χ1) is 17.0. The number of amides is 1. The maximum Gasteiger partial charge on any atom is 0.410 e. The predicted molar refractivity (Wildman–Crippen MR) is 134 cm³/mol. The van der Waals surface area contributed by atoms with E-state index in [1.54, 1.807) is 0 Å². The Morgan fingerprint density at radius 3 is 2.54 bits per heavy atom. The number of aromatic amines is 1. The predicted octanol–water partition coefficient (Wildman–Crippen LogP) is 4.65. The smallest absolute Gasteiger partial charge is 0.410 e. The Morgan fingerprint density at radius 1 is 1.06 bits per heavy atom. The van der Waals surface area contributed by atoms with Crippen molar-refractivity contribution in [2.75, 3.05) is 25.4 Å². The number of benzene rings is 2. The summed E-state index contributed by atoms with van der Waals surface area (Å²) in [6, 6.07) is 20.2. The first-order valence-electron chi connectivity index (χ1n) is 12.3. The lowest BCUT2D eigenvalue weighted by atomic mass is 9.98. The third-order valence-electron chi connectivity index (χ3n) is 7.14. The van der Waals surface area contributed by atoms with Crippen molar-refractivity contribution in [3.63, 3.8) is 0 Å². The average Bonchev–Trinajstić information content (AvgIpc) is 3.25. The number of ether oxygens (including phenoxy) is 2. The fourth-order valence-corrected chi connectivity index (χ4v) is 5.04. The largest absolute Gasteiger partial charge is 0.447 e. The van der Waals surface area contributed by atoms with E-state index in [9.17, 15) is 4.79 Å². The van der Waals surface area contributed by atoms with Crippen LogP contribution in [0, 0.1) is 13.8 Å². The first-order valence-corrected chi connectivity index (χ1v) is 12.3. The highest BCUT2D eigenvalue weighted by molar-refractivity contribution is 5.71. The molecule has 2 aromatic carbocycles. The fraction of sp³-hybridized carbons (Fsp3) is 0.357. The van der Waals surface area contributed by atoms with E-state index in [0.717, 1.165) is 60.7 Å². The van der Waals surface area contributed by atoms with Gasteiger partial charge in [-0.15, -0.1) is 0 Å². The van der Waals surface area contributed by atoms with Crippen LogP contribution in [0.5, 0.6) is 11.6 Å². The van der Waals surface area contributed by atoms with Gasteiger partial charge in [-0.25, -0.2) is 4.79 Å². The molecule has 182 valence electrons. The molecule has 35 heavy (non-hydrogen) atoms. The average molecular weight is 474 g/mol. The van der Waals surface area contributed by atoms with Gasteiger partial charge in [-0.05, 0) is 55.2 Å². The summed E-state index contributed by atoms with van der Waals surface area (Å²) in [7, 11) is 0. The summed E-state index contributed by atoms with van der Waals surface area (Å²) in [5.74, 6) is 1.46. The molecule has 3 heterocycles. The molecule has 1 amide bonds. The molecule has 5 rings (SSSR count). The Balaban J connectivity index is 1.19. The van der Waals surface area contributed by atoms with Crippen molar-refractivity contribution < 1.29 is 19.3 Å². The van der Waals surface area contributed by atoms with Crippen LogP contribution in [0.3, 0.4) is 0 Å². The third-order valence-corrected chi connectivity index (χ3v) is 7.14. The molecule has 1 aromatic heterocycles. The molecule has 1 atom stereocenters. The zero-order chi connectivity index (χ0) is 24.4. The van der Waals surface area contributed by atoms with Gasteiger partial charge in [0.25, 0.3) is 0 Å². The number of piperidine rings is 1. The Kier molecular flexibility index (Phi) is 6.59. The van der Waals surface area contributed by atoms with Crippen molar-refractivity contribution >= 4 is 11.8 Å². The van der Waals surface area contributed by atoms with Crippen LogP contribution in [0.15, 0.2) is 60.7 Å². The zero-order valence-electron chi connectivity index (χ0n) is 20.4. The zero-order valence-corrected chi connectivity index (χ0v) is 20.4. The number of H-pyrrole nitrogens is 1. The summed E-state index contributed by atoms with van der Waals surface area (Å²) >= 11 is 0. The number of likely N-dealkylation sites (tertiary alicyclic amines) is 1. The Bertz CT molecular complexity index is 1190. The van der Waals surface area contributed by atoms with Crippen LogP contribution >= 0.6 is 0 Å². The molecule has 0 radical (unpaired) electrons. The summed E-state index contributed by atoms with van der Waals surface area (Å²) < 4.78 is 11.4. The molecule has 3 aromatic rings. The van der Waals surface area contributed by atoms with E-state index in [-0.39, 0.29) is 18.2 Å². The van der Waals surface area contributed by atoms with Crippen LogP contribution in [0.1, 0.15) is 41.3 Å². The summed E-state index contributed by atoms with van der Waals surface area (Å²) in [6.07, 6.45) is 1.70. The minimum atomic E-state index is -0.186. The van der Waals surface area contributed by atoms with E-state index in [2.05, 4.69) is 35.0 Å². The highest BCUT2D eigenvalue weighted by atomic mass is 16.6. The van der Waals surface area contributed by atoms with E-state index in [4.69, 9.17) is 15.2 Å². The van der Waals surface area contributed by atoms with Crippen molar-refractivity contribution in [2.24, 2.45) is 0 Å². The van der Waals surface area contributed by atoms with Gasteiger partial charge >= 0.3 is 12.0 Å². The molecule has 0 aliphatic carbocycles. The van der Waals surface area contributed by atoms with Crippen LogP contribution in [0.25, 0.3) is 0 Å². The number of rotatable bonds is 6. The van der Waals surface area contributed by atoms with E-state index in [0.29, 0.717) is 12.5 Å². The molecular weight excluding hydrogens is 440 g/mol. The van der Waals surface area contributed by atoms with Crippen LogP contribution < -0.4 is 15.5 Å². The van der Waals surface area contributed by atoms with Gasteiger partial charge in [-0.3, -0.25) is 9.80 Å². The summed E-state index contributed by atoms with van der Waals surface area (Å²) in [5.41, 5.74) is 11.1. The summed E-state index contributed by atoms with van der Waals surface area (Å²) in [5, 5.41) is 0. The SMILES string of the molecule is Cc1cc(Oc2ccc(CN3CCC(N4C(=O)OC[C@H]4c4ccccc4)CC3)c(C)[nH+]2)ccc1N. The number of carbonyl (C=O) groups is 1. The molecule has 0 bridgehead atoms. The lowest BCUT2D eigenvalue weighted by molar-refractivity contribution is -0.400. The van der Waals surface area contributed by atoms with Crippen molar-refractivity contribution in [1.82, 2.24) is 9.80 Å². The molecule has 0 unspecified atom stereocenters. The van der Waals surface area contributed by atoms with Crippen LogP contribution in [0.4, 0.5) is 10.5 Å². The molecule has 0 saturated carbocycles. The second kappa shape index (κ2) is 9.96. The molecule has 0 spiro atoms. The van der Waals surface area contributed by atoms with E-state index in [1.807, 2.05) is 54.3 Å². The number of hydrogen-bond acceptors (Lipinski definition) is 5. The quantitative estimate of drug-likeness (QED) is 0.527. The van der Waals surface area contributed by atoms with Gasteiger partial charge in [-0.1, -0.05) is 30.3 Å². The van der Waals surface area contributed by atoms with Crippen LogP contribution in [-0.4, -0.2) is 41.6 Å². The number of anilines is 1. The number of hydrogen-bond donors (Lipinski definition) is 1. The van der Waals surface area contributed by atoms with Crippen LogP contribution in [0.2, 0.25) is 0 Å². The van der Waals surface area contributed by atoms with Crippen molar-refractivity contribution in [3.8, 4) is 11.6 Å². The molecule has 3 N–H and O–H groups in total. The number of nitrogens with two attached hydrogens (primary N) is 1. The molecule has 7 nitrogen and oxygen atoms in total. The monoisotopic (exact) mass is 473 g/mol. The number of cyclic esters (lactones) is 1. The van der Waals surface area contributed by atoms with Gasteiger partial charge in [0.2, 0.25) is 0 Å². The Labute approximate surface area is 206 Å². The molecule has 7 heteroatoms. The van der Waals surface area contributed by atoms with Gasteiger partial charge < -0.3 is 15.2 Å². The minimum absolute atomic E-state index is 0.00878. The lowest BCUT2D eigenvalue weighted by Crippen LogP contribution is -2.46. The fourth-order valence-electron chi connectivity index (χ4n) is 5.04. The molecular formula is C28H33N4O3+. The molecule has 2 fully saturated rings. The number of aromatic nitrogens is 1. The summed E-state index contributed by atoms with van der Waals surface area (Å²) in [6.45, 7) is 7.23. The highest BCUT2D eigenvalue weighted by Crippen LogP contribution is 2.33. The van der Waals surface area contributed by atoms with Gasteiger partial charge in [0.05, 0.1) is 12.1 Å². The number of nitrogen functional groups attached to an aromatic ring is 1. The van der Waals surface area contributed by atoms with Gasteiger partial charge in [0.15, 0.2) is 5.69 Å². The van der Waals surface area contributed by atoms with E-state index in [1.165, 1.54) is 5.56 Å². The van der Waals surface area contributed by atoms with Crippen molar-refractivity contribution in [2.45, 2.75) is 45.3 Å². The maximum absolute atomic E-state index is 12.5. The van der Waals surface area contributed by atoms with Gasteiger partial charge in [0.1, 0.15) is 12.4 Å². The van der Waals surface area contributed by atoms with E-state index < -0.39 is 0 Å². The standard InChI is InChI=1S/C28H32N4O3/c1-19-16-24(9-10-25(19)29)35-27-11-8-22(20(2)30-27)17-31-14-12-23(13-15-31)32-26(18-34-28(32)33)21-6-4-3-5-7-21/h3-11,16,23,26H,12-15,17-18,29H2,1-2H3/p+1/t26-/m0/s1. The minimum Gasteiger partial charge on any atom is -0.447 e. The normalized spacial score (nSPS) is 19.1. The van der Waals surface area contributed by atoms with Gasteiger partial charge in [0, 0.05) is 43.9 Å². The van der Waals surface area contributed by atoms with Crippen molar-refractivity contribution in [3.05, 3.63) is 83.0 Å². The number of nitrogens with one attached hydrogen (secondary N) is 1.